The average Bonchev–Trinajstić information content (AvgIpc) is 2.59. The van der Waals surface area contributed by atoms with Crippen molar-refractivity contribution in [1.82, 2.24) is 10.2 Å². The van der Waals surface area contributed by atoms with Crippen molar-refractivity contribution in [2.75, 3.05) is 0 Å². The summed E-state index contributed by atoms with van der Waals surface area (Å²) in [5.41, 5.74) is 2.47. The Morgan fingerprint density at radius 3 is 2.79 bits per heavy atom. The fourth-order valence-corrected chi connectivity index (χ4v) is 1.71. The van der Waals surface area contributed by atoms with Crippen LogP contribution < -0.4 is 0 Å². The molecule has 1 heterocycles. The lowest BCUT2D eigenvalue weighted by molar-refractivity contribution is 0.616. The van der Waals surface area contributed by atoms with E-state index in [9.17, 15) is 4.39 Å². The number of H-pyrrole nitrogens is 1. The molecule has 0 saturated heterocycles. The van der Waals surface area contributed by atoms with Gasteiger partial charge in [0.2, 0.25) is 0 Å². The maximum absolute atomic E-state index is 13.5. The maximum Gasteiger partial charge on any atom is 0.128 e. The predicted octanol–water partition coefficient (Wildman–Crippen LogP) is 3.13. The van der Waals surface area contributed by atoms with E-state index < -0.39 is 0 Å². The van der Waals surface area contributed by atoms with Crippen LogP contribution in [0.5, 0.6) is 0 Å². The van der Waals surface area contributed by atoms with E-state index in [1.165, 1.54) is 0 Å². The Morgan fingerprint density at radius 2 is 2.14 bits per heavy atom. The minimum atomic E-state index is -0.162. The van der Waals surface area contributed by atoms with Crippen molar-refractivity contribution in [3.05, 3.63) is 29.2 Å². The number of nitrogens with zero attached hydrogens (tertiary/aromatic N) is 1. The van der Waals surface area contributed by atoms with Crippen LogP contribution in [0.15, 0.2) is 12.3 Å². The lowest BCUT2D eigenvalue weighted by Crippen LogP contribution is -1.93. The third-order valence-corrected chi connectivity index (χ3v) is 2.59. The van der Waals surface area contributed by atoms with Crippen LogP contribution in [0, 0.1) is 12.7 Å². The summed E-state index contributed by atoms with van der Waals surface area (Å²) >= 11 is 0. The average molecular weight is 192 g/mol. The van der Waals surface area contributed by atoms with Crippen LogP contribution >= 0.6 is 0 Å². The van der Waals surface area contributed by atoms with Crippen molar-refractivity contribution in [3.63, 3.8) is 0 Å². The first-order valence-corrected chi connectivity index (χ1v) is 4.73. The molecule has 0 spiro atoms. The van der Waals surface area contributed by atoms with Gasteiger partial charge in [0.05, 0.1) is 11.7 Å². The highest BCUT2D eigenvalue weighted by molar-refractivity contribution is 5.85. The summed E-state index contributed by atoms with van der Waals surface area (Å²) in [6.07, 6.45) is 1.76. The standard InChI is InChI=1S/C11H13FN2/c1-6(2)8-4-10(12)7(3)11-9(8)5-13-14-11/h4-6H,1-3H3,(H,13,14). The highest BCUT2D eigenvalue weighted by atomic mass is 19.1. The molecule has 0 saturated carbocycles. The monoisotopic (exact) mass is 192 g/mol. The van der Waals surface area contributed by atoms with Crippen molar-refractivity contribution in [2.45, 2.75) is 26.7 Å². The van der Waals surface area contributed by atoms with E-state index in [1.54, 1.807) is 19.2 Å². The second-order valence-corrected chi connectivity index (χ2v) is 3.89. The van der Waals surface area contributed by atoms with Crippen LogP contribution in [0.2, 0.25) is 0 Å². The third-order valence-electron chi connectivity index (χ3n) is 2.59. The second-order valence-electron chi connectivity index (χ2n) is 3.89. The number of fused-ring (bicyclic) bond motifs is 1. The van der Waals surface area contributed by atoms with Crippen LogP contribution in [-0.4, -0.2) is 10.2 Å². The summed E-state index contributed by atoms with van der Waals surface area (Å²) in [7, 11) is 0. The molecule has 2 nitrogen and oxygen atoms in total. The first-order valence-electron chi connectivity index (χ1n) is 4.73. The second kappa shape index (κ2) is 3.08. The third kappa shape index (κ3) is 1.20. The number of aromatic amines is 1. The molecule has 0 radical (unpaired) electrons. The predicted molar refractivity (Wildman–Crippen MR) is 54.9 cm³/mol. The van der Waals surface area contributed by atoms with Gasteiger partial charge < -0.3 is 0 Å². The Labute approximate surface area is 82.1 Å². The summed E-state index contributed by atoms with van der Waals surface area (Å²) in [6, 6.07) is 1.61. The highest BCUT2D eigenvalue weighted by Crippen LogP contribution is 2.28. The summed E-state index contributed by atoms with van der Waals surface area (Å²) in [5.74, 6) is 0.149. The minimum absolute atomic E-state index is 0.162. The Balaban J connectivity index is 2.84. The molecule has 0 aliphatic carbocycles. The quantitative estimate of drug-likeness (QED) is 0.738. The highest BCUT2D eigenvalue weighted by Gasteiger charge is 2.12. The van der Waals surface area contributed by atoms with Crippen molar-refractivity contribution >= 4 is 10.9 Å². The Kier molecular flexibility index (Phi) is 2.02. The number of hydrogen-bond acceptors (Lipinski definition) is 1. The zero-order chi connectivity index (χ0) is 10.3. The van der Waals surface area contributed by atoms with Gasteiger partial charge in [-0.3, -0.25) is 5.10 Å². The van der Waals surface area contributed by atoms with Crippen molar-refractivity contribution in [3.8, 4) is 0 Å². The van der Waals surface area contributed by atoms with Gasteiger partial charge in [-0.05, 0) is 24.5 Å². The van der Waals surface area contributed by atoms with Crippen molar-refractivity contribution < 1.29 is 4.39 Å². The van der Waals surface area contributed by atoms with Crippen LogP contribution in [0.25, 0.3) is 10.9 Å². The number of nitrogens with one attached hydrogen (secondary N) is 1. The van der Waals surface area contributed by atoms with Gasteiger partial charge in [-0.15, -0.1) is 0 Å². The van der Waals surface area contributed by atoms with Gasteiger partial charge in [0.25, 0.3) is 0 Å². The number of benzene rings is 1. The molecule has 2 rings (SSSR count). The number of hydrogen-bond donors (Lipinski definition) is 1. The molecule has 0 unspecified atom stereocenters. The molecule has 2 aromatic rings. The zero-order valence-electron chi connectivity index (χ0n) is 8.56. The van der Waals surface area contributed by atoms with E-state index in [-0.39, 0.29) is 5.82 Å². The number of rotatable bonds is 1. The molecule has 0 atom stereocenters. The molecule has 0 aliphatic rings. The SMILES string of the molecule is Cc1c(F)cc(C(C)C)c2cn[nH]c12. The van der Waals surface area contributed by atoms with E-state index in [1.807, 2.05) is 0 Å². The smallest absolute Gasteiger partial charge is 0.128 e. The maximum atomic E-state index is 13.5. The van der Waals surface area contributed by atoms with Crippen molar-refractivity contribution in [2.24, 2.45) is 0 Å². The van der Waals surface area contributed by atoms with Gasteiger partial charge in [0.15, 0.2) is 0 Å². The summed E-state index contributed by atoms with van der Waals surface area (Å²) in [4.78, 5) is 0. The van der Waals surface area contributed by atoms with Crippen LogP contribution in [-0.2, 0) is 0 Å². The van der Waals surface area contributed by atoms with Gasteiger partial charge in [-0.1, -0.05) is 13.8 Å². The van der Waals surface area contributed by atoms with Gasteiger partial charge in [0, 0.05) is 10.9 Å². The minimum Gasteiger partial charge on any atom is -0.277 e. The molecule has 3 heteroatoms. The lowest BCUT2D eigenvalue weighted by atomic mass is 9.97. The van der Waals surface area contributed by atoms with Crippen LogP contribution in [0.3, 0.4) is 0 Å². The first-order chi connectivity index (χ1) is 6.61. The first kappa shape index (κ1) is 9.19. The lowest BCUT2D eigenvalue weighted by Gasteiger charge is -2.08. The molecular formula is C11H13FN2. The molecule has 0 amide bonds. The van der Waals surface area contributed by atoms with E-state index >= 15 is 0 Å². The summed E-state index contributed by atoms with van der Waals surface area (Å²) in [6.45, 7) is 5.87. The van der Waals surface area contributed by atoms with Gasteiger partial charge in [-0.25, -0.2) is 4.39 Å². The number of halogens is 1. The van der Waals surface area contributed by atoms with E-state index in [0.29, 0.717) is 11.5 Å². The van der Waals surface area contributed by atoms with Gasteiger partial charge >= 0.3 is 0 Å². The molecule has 0 fully saturated rings. The van der Waals surface area contributed by atoms with E-state index in [0.717, 1.165) is 16.5 Å². The fourth-order valence-electron chi connectivity index (χ4n) is 1.71. The topological polar surface area (TPSA) is 28.7 Å². The van der Waals surface area contributed by atoms with Crippen molar-refractivity contribution in [1.29, 1.82) is 0 Å². The van der Waals surface area contributed by atoms with Gasteiger partial charge in [-0.2, -0.15) is 5.10 Å². The van der Waals surface area contributed by atoms with E-state index in [2.05, 4.69) is 24.0 Å². The molecule has 0 aliphatic heterocycles. The Morgan fingerprint density at radius 1 is 1.43 bits per heavy atom. The molecular weight excluding hydrogens is 179 g/mol. The molecule has 1 aromatic carbocycles. The molecule has 1 N–H and O–H groups in total. The summed E-state index contributed by atoms with van der Waals surface area (Å²) < 4.78 is 13.5. The molecule has 74 valence electrons. The Bertz CT molecular complexity index is 471. The van der Waals surface area contributed by atoms with Crippen LogP contribution in [0.4, 0.5) is 4.39 Å². The van der Waals surface area contributed by atoms with E-state index in [4.69, 9.17) is 0 Å². The molecule has 0 bridgehead atoms. The molecule has 1 aromatic heterocycles. The normalized spacial score (nSPS) is 11.5. The summed E-state index contributed by atoms with van der Waals surface area (Å²) in [5, 5.41) is 7.82. The van der Waals surface area contributed by atoms with Crippen LogP contribution in [0.1, 0.15) is 30.9 Å². The number of aryl methyl sites for hydroxylation is 1. The Hall–Kier alpha value is -1.38. The van der Waals surface area contributed by atoms with Gasteiger partial charge in [0.1, 0.15) is 5.82 Å². The zero-order valence-corrected chi connectivity index (χ0v) is 8.56. The largest absolute Gasteiger partial charge is 0.277 e. The molecule has 14 heavy (non-hydrogen) atoms. The fraction of sp³-hybridized carbons (Fsp3) is 0.364. The number of aromatic nitrogens is 2.